The normalized spacial score (nSPS) is 22.5. The molecule has 0 bridgehead atoms. The Morgan fingerprint density at radius 2 is 1.79 bits per heavy atom. The monoisotopic (exact) mass is 421 g/mol. The molecule has 7 heteroatoms. The lowest BCUT2D eigenvalue weighted by Crippen LogP contribution is -2.43. The molecular formula is C22H35N3O3S. The highest BCUT2D eigenvalue weighted by Gasteiger charge is 2.31. The first-order chi connectivity index (χ1) is 13.9. The predicted octanol–water partition coefficient (Wildman–Crippen LogP) is 2.63. The van der Waals surface area contributed by atoms with Gasteiger partial charge in [-0.05, 0) is 70.2 Å². The van der Waals surface area contributed by atoms with Gasteiger partial charge in [-0.25, -0.2) is 8.42 Å². The number of sulfonamides is 1. The Labute approximate surface area is 175 Å². The van der Waals surface area contributed by atoms with Gasteiger partial charge in [-0.15, -0.1) is 0 Å². The van der Waals surface area contributed by atoms with Crippen molar-refractivity contribution in [3.8, 4) is 0 Å². The SMILES string of the molecule is Cc1ccc(S(=O)(=O)N2CCC(C(=O)NCCCN3CCCC(C)C3)CC2)cc1. The van der Waals surface area contributed by atoms with E-state index in [4.69, 9.17) is 0 Å². The van der Waals surface area contributed by atoms with E-state index in [9.17, 15) is 13.2 Å². The van der Waals surface area contributed by atoms with Crippen LogP contribution >= 0.6 is 0 Å². The van der Waals surface area contributed by atoms with Crippen LogP contribution in [0.3, 0.4) is 0 Å². The van der Waals surface area contributed by atoms with Crippen LogP contribution in [-0.4, -0.2) is 62.8 Å². The van der Waals surface area contributed by atoms with E-state index in [2.05, 4.69) is 17.1 Å². The number of benzene rings is 1. The lowest BCUT2D eigenvalue weighted by Gasteiger charge is -2.31. The first kappa shape index (κ1) is 22.2. The summed E-state index contributed by atoms with van der Waals surface area (Å²) in [5.41, 5.74) is 1.04. The minimum absolute atomic E-state index is 0.0735. The molecule has 2 saturated heterocycles. The molecule has 0 aromatic heterocycles. The fraction of sp³-hybridized carbons (Fsp3) is 0.682. The largest absolute Gasteiger partial charge is 0.356 e. The van der Waals surface area contributed by atoms with Crippen molar-refractivity contribution in [2.24, 2.45) is 11.8 Å². The van der Waals surface area contributed by atoms with Gasteiger partial charge >= 0.3 is 0 Å². The van der Waals surface area contributed by atoms with Crippen LogP contribution in [0.2, 0.25) is 0 Å². The maximum Gasteiger partial charge on any atom is 0.243 e. The second-order valence-electron chi connectivity index (χ2n) is 8.68. The quantitative estimate of drug-likeness (QED) is 0.687. The fourth-order valence-corrected chi connectivity index (χ4v) is 5.84. The molecule has 1 aromatic carbocycles. The van der Waals surface area contributed by atoms with Crippen molar-refractivity contribution in [2.45, 2.75) is 50.8 Å². The predicted molar refractivity (Wildman–Crippen MR) is 115 cm³/mol. The Morgan fingerprint density at radius 1 is 1.10 bits per heavy atom. The third kappa shape index (κ3) is 6.03. The Morgan fingerprint density at radius 3 is 2.45 bits per heavy atom. The number of amides is 1. The van der Waals surface area contributed by atoms with E-state index in [1.165, 1.54) is 30.2 Å². The van der Waals surface area contributed by atoms with Crippen LogP contribution in [0.15, 0.2) is 29.2 Å². The molecule has 2 aliphatic heterocycles. The van der Waals surface area contributed by atoms with Gasteiger partial charge in [-0.2, -0.15) is 4.31 Å². The second kappa shape index (κ2) is 10.0. The maximum absolute atomic E-state index is 12.8. The zero-order valence-corrected chi connectivity index (χ0v) is 18.6. The van der Waals surface area contributed by atoms with Gasteiger partial charge in [0, 0.05) is 32.1 Å². The number of nitrogens with zero attached hydrogens (tertiary/aromatic N) is 2. The molecular weight excluding hydrogens is 386 g/mol. The molecule has 0 spiro atoms. The molecule has 0 radical (unpaired) electrons. The van der Waals surface area contributed by atoms with E-state index in [0.29, 0.717) is 37.4 Å². The molecule has 2 fully saturated rings. The Balaban J connectivity index is 1.39. The number of aryl methyl sites for hydroxylation is 1. The number of likely N-dealkylation sites (tertiary alicyclic amines) is 1. The molecule has 1 unspecified atom stereocenters. The van der Waals surface area contributed by atoms with Gasteiger partial charge in [0.2, 0.25) is 15.9 Å². The van der Waals surface area contributed by atoms with Crippen LogP contribution in [0, 0.1) is 18.8 Å². The van der Waals surface area contributed by atoms with E-state index >= 15 is 0 Å². The van der Waals surface area contributed by atoms with E-state index in [1.807, 2.05) is 19.1 Å². The van der Waals surface area contributed by atoms with Crippen molar-refractivity contribution < 1.29 is 13.2 Å². The summed E-state index contributed by atoms with van der Waals surface area (Å²) >= 11 is 0. The summed E-state index contributed by atoms with van der Waals surface area (Å²) in [5.74, 6) is 0.763. The van der Waals surface area contributed by atoms with Gasteiger partial charge in [0.1, 0.15) is 0 Å². The fourth-order valence-electron chi connectivity index (χ4n) is 4.37. The summed E-state index contributed by atoms with van der Waals surface area (Å²) in [4.78, 5) is 15.3. The van der Waals surface area contributed by atoms with Crippen molar-refractivity contribution in [2.75, 3.05) is 39.3 Å². The molecule has 1 atom stereocenters. The van der Waals surface area contributed by atoms with Crippen molar-refractivity contribution in [1.82, 2.24) is 14.5 Å². The van der Waals surface area contributed by atoms with Crippen molar-refractivity contribution in [3.63, 3.8) is 0 Å². The molecule has 1 N–H and O–H groups in total. The summed E-state index contributed by atoms with van der Waals surface area (Å²) in [5, 5.41) is 3.06. The van der Waals surface area contributed by atoms with Crippen molar-refractivity contribution in [3.05, 3.63) is 29.8 Å². The molecule has 2 aliphatic rings. The van der Waals surface area contributed by atoms with Gasteiger partial charge < -0.3 is 10.2 Å². The van der Waals surface area contributed by atoms with Crippen LogP contribution in [0.25, 0.3) is 0 Å². The third-order valence-corrected chi connectivity index (χ3v) is 8.09. The standard InChI is InChI=1S/C22H35N3O3S/c1-18-6-8-21(9-7-18)29(27,28)25-15-10-20(11-16-25)22(26)23-12-4-14-24-13-3-5-19(2)17-24/h6-9,19-20H,3-5,10-17H2,1-2H3,(H,23,26). The van der Waals surface area contributed by atoms with Gasteiger partial charge in [0.05, 0.1) is 4.90 Å². The smallest absolute Gasteiger partial charge is 0.243 e. The van der Waals surface area contributed by atoms with E-state index in [0.717, 1.165) is 24.4 Å². The highest BCUT2D eigenvalue weighted by atomic mass is 32.2. The maximum atomic E-state index is 12.8. The molecule has 3 rings (SSSR count). The molecule has 2 heterocycles. The van der Waals surface area contributed by atoms with E-state index in [-0.39, 0.29) is 11.8 Å². The number of rotatable bonds is 7. The number of piperidine rings is 2. The van der Waals surface area contributed by atoms with Gasteiger partial charge in [0.15, 0.2) is 0 Å². The number of hydrogen-bond acceptors (Lipinski definition) is 4. The molecule has 1 amide bonds. The number of hydrogen-bond donors (Lipinski definition) is 1. The summed E-state index contributed by atoms with van der Waals surface area (Å²) in [6.07, 6.45) is 4.74. The highest BCUT2D eigenvalue weighted by molar-refractivity contribution is 7.89. The lowest BCUT2D eigenvalue weighted by atomic mass is 9.97. The van der Waals surface area contributed by atoms with Crippen molar-refractivity contribution >= 4 is 15.9 Å². The van der Waals surface area contributed by atoms with E-state index < -0.39 is 10.0 Å². The Hall–Kier alpha value is -1.44. The van der Waals surface area contributed by atoms with Crippen LogP contribution in [0.1, 0.15) is 44.6 Å². The zero-order valence-electron chi connectivity index (χ0n) is 17.8. The summed E-state index contributed by atoms with van der Waals surface area (Å²) in [6, 6.07) is 6.95. The van der Waals surface area contributed by atoms with Crippen LogP contribution < -0.4 is 5.32 Å². The number of carbonyl (C=O) groups is 1. The van der Waals surface area contributed by atoms with Crippen LogP contribution in [0.4, 0.5) is 0 Å². The third-order valence-electron chi connectivity index (χ3n) is 6.17. The Bertz CT molecular complexity index is 771. The average molecular weight is 422 g/mol. The number of carbonyl (C=O) groups excluding carboxylic acids is 1. The molecule has 6 nitrogen and oxygen atoms in total. The first-order valence-corrected chi connectivity index (χ1v) is 12.4. The molecule has 0 saturated carbocycles. The van der Waals surface area contributed by atoms with Crippen LogP contribution in [-0.2, 0) is 14.8 Å². The topological polar surface area (TPSA) is 69.7 Å². The molecule has 0 aliphatic carbocycles. The minimum atomic E-state index is -3.47. The van der Waals surface area contributed by atoms with Gasteiger partial charge in [-0.3, -0.25) is 4.79 Å². The van der Waals surface area contributed by atoms with Gasteiger partial charge in [0.25, 0.3) is 0 Å². The first-order valence-electron chi connectivity index (χ1n) is 10.9. The molecule has 29 heavy (non-hydrogen) atoms. The van der Waals surface area contributed by atoms with Gasteiger partial charge in [-0.1, -0.05) is 24.6 Å². The lowest BCUT2D eigenvalue weighted by molar-refractivity contribution is -0.126. The minimum Gasteiger partial charge on any atom is -0.356 e. The average Bonchev–Trinajstić information content (AvgIpc) is 2.71. The summed E-state index contributed by atoms with van der Waals surface area (Å²) in [7, 11) is -3.47. The highest BCUT2D eigenvalue weighted by Crippen LogP contribution is 2.24. The number of nitrogens with one attached hydrogen (secondary N) is 1. The van der Waals surface area contributed by atoms with Crippen molar-refractivity contribution in [1.29, 1.82) is 0 Å². The summed E-state index contributed by atoms with van der Waals surface area (Å²) in [6.45, 7) is 9.13. The second-order valence-corrected chi connectivity index (χ2v) is 10.6. The Kier molecular flexibility index (Phi) is 7.71. The summed E-state index contributed by atoms with van der Waals surface area (Å²) < 4.78 is 27.1. The van der Waals surface area contributed by atoms with E-state index in [1.54, 1.807) is 12.1 Å². The zero-order chi connectivity index (χ0) is 20.9. The molecule has 162 valence electrons. The van der Waals surface area contributed by atoms with Crippen LogP contribution in [0.5, 0.6) is 0 Å². The molecule has 1 aromatic rings.